The smallest absolute Gasteiger partial charge is 0.0673 e. The molecule has 2 heterocycles. The van der Waals surface area contributed by atoms with Gasteiger partial charge in [0, 0.05) is 31.2 Å². The number of aromatic nitrogens is 2. The summed E-state index contributed by atoms with van der Waals surface area (Å²) >= 11 is 0. The summed E-state index contributed by atoms with van der Waals surface area (Å²) < 4.78 is 0. The molecule has 106 valence electrons. The number of pyridine rings is 2. The molecule has 2 aromatic rings. The first kappa shape index (κ1) is 14.6. The molecule has 4 heteroatoms. The predicted molar refractivity (Wildman–Crippen MR) is 80.9 cm³/mol. The molecule has 0 aliphatic heterocycles. The van der Waals surface area contributed by atoms with Gasteiger partial charge < -0.3 is 5.73 Å². The van der Waals surface area contributed by atoms with E-state index in [1.165, 1.54) is 5.56 Å². The van der Waals surface area contributed by atoms with Gasteiger partial charge in [0.05, 0.1) is 11.7 Å². The zero-order valence-corrected chi connectivity index (χ0v) is 12.1. The standard InChI is InChI=1S/C16H22N4/c1-3-14(17)16(15-6-4-5-9-19-15)20(2)12-13-7-10-18-11-8-13/h4-11,14,16H,3,12,17H2,1-2H3. The van der Waals surface area contributed by atoms with E-state index in [9.17, 15) is 0 Å². The van der Waals surface area contributed by atoms with Gasteiger partial charge in [-0.2, -0.15) is 0 Å². The van der Waals surface area contributed by atoms with Crippen molar-refractivity contribution in [1.82, 2.24) is 14.9 Å². The summed E-state index contributed by atoms with van der Waals surface area (Å²) in [4.78, 5) is 10.8. The molecule has 0 aliphatic rings. The van der Waals surface area contributed by atoms with Crippen molar-refractivity contribution in [2.24, 2.45) is 5.73 Å². The van der Waals surface area contributed by atoms with Crippen LogP contribution < -0.4 is 5.73 Å². The highest BCUT2D eigenvalue weighted by molar-refractivity contribution is 5.14. The molecule has 0 saturated heterocycles. The Morgan fingerprint density at radius 3 is 2.50 bits per heavy atom. The molecule has 0 amide bonds. The lowest BCUT2D eigenvalue weighted by atomic mass is 10.0. The van der Waals surface area contributed by atoms with Crippen molar-refractivity contribution in [2.45, 2.75) is 32.0 Å². The Labute approximate surface area is 120 Å². The van der Waals surface area contributed by atoms with Gasteiger partial charge in [0.1, 0.15) is 0 Å². The molecule has 0 aliphatic carbocycles. The van der Waals surface area contributed by atoms with Gasteiger partial charge in [-0.05, 0) is 43.3 Å². The van der Waals surface area contributed by atoms with Crippen molar-refractivity contribution in [3.8, 4) is 0 Å². The fraction of sp³-hybridized carbons (Fsp3) is 0.375. The van der Waals surface area contributed by atoms with E-state index in [0.29, 0.717) is 0 Å². The van der Waals surface area contributed by atoms with Crippen LogP contribution in [-0.2, 0) is 6.54 Å². The van der Waals surface area contributed by atoms with Gasteiger partial charge in [-0.25, -0.2) is 0 Å². The number of nitrogens with two attached hydrogens (primary N) is 1. The Bertz CT molecular complexity index is 500. The monoisotopic (exact) mass is 270 g/mol. The van der Waals surface area contributed by atoms with E-state index < -0.39 is 0 Å². The lowest BCUT2D eigenvalue weighted by molar-refractivity contribution is 0.197. The number of likely N-dealkylation sites (N-methyl/N-ethyl adjacent to an activating group) is 1. The molecule has 0 bridgehead atoms. The molecule has 2 rings (SSSR count). The summed E-state index contributed by atoms with van der Waals surface area (Å²) in [6.45, 7) is 2.94. The van der Waals surface area contributed by atoms with Gasteiger partial charge in [0.15, 0.2) is 0 Å². The van der Waals surface area contributed by atoms with Crippen LogP contribution in [0.15, 0.2) is 48.9 Å². The highest BCUT2D eigenvalue weighted by Crippen LogP contribution is 2.23. The van der Waals surface area contributed by atoms with E-state index in [1.807, 2.05) is 48.9 Å². The molecule has 2 atom stereocenters. The second kappa shape index (κ2) is 7.12. The summed E-state index contributed by atoms with van der Waals surface area (Å²) in [5, 5.41) is 0. The Kier molecular flexibility index (Phi) is 5.21. The van der Waals surface area contributed by atoms with E-state index in [4.69, 9.17) is 5.73 Å². The minimum atomic E-state index is 0.0664. The lowest BCUT2D eigenvalue weighted by Gasteiger charge is -2.32. The van der Waals surface area contributed by atoms with Crippen LogP contribution in [-0.4, -0.2) is 28.0 Å². The van der Waals surface area contributed by atoms with Gasteiger partial charge in [-0.3, -0.25) is 14.9 Å². The molecule has 20 heavy (non-hydrogen) atoms. The maximum atomic E-state index is 6.31. The Balaban J connectivity index is 2.19. The average Bonchev–Trinajstić information content (AvgIpc) is 2.49. The molecule has 2 aromatic heterocycles. The molecular weight excluding hydrogens is 248 g/mol. The molecule has 2 N–H and O–H groups in total. The Morgan fingerprint density at radius 2 is 1.90 bits per heavy atom. The quantitative estimate of drug-likeness (QED) is 0.875. The third-order valence-electron chi connectivity index (χ3n) is 3.52. The maximum Gasteiger partial charge on any atom is 0.0673 e. The summed E-state index contributed by atoms with van der Waals surface area (Å²) in [6, 6.07) is 10.2. The first-order valence-corrected chi connectivity index (χ1v) is 6.98. The van der Waals surface area contributed by atoms with E-state index in [0.717, 1.165) is 18.7 Å². The topological polar surface area (TPSA) is 55.0 Å². The van der Waals surface area contributed by atoms with Crippen molar-refractivity contribution in [2.75, 3.05) is 7.05 Å². The molecule has 0 aromatic carbocycles. The average molecular weight is 270 g/mol. The third-order valence-corrected chi connectivity index (χ3v) is 3.52. The molecule has 4 nitrogen and oxygen atoms in total. The van der Waals surface area contributed by atoms with Gasteiger partial charge >= 0.3 is 0 Å². The van der Waals surface area contributed by atoms with Crippen LogP contribution in [0.5, 0.6) is 0 Å². The van der Waals surface area contributed by atoms with E-state index >= 15 is 0 Å². The molecule has 0 saturated carbocycles. The molecule has 2 unspecified atom stereocenters. The fourth-order valence-electron chi connectivity index (χ4n) is 2.42. The van der Waals surface area contributed by atoms with Crippen molar-refractivity contribution < 1.29 is 0 Å². The van der Waals surface area contributed by atoms with Crippen LogP contribution in [0.4, 0.5) is 0 Å². The first-order chi connectivity index (χ1) is 9.72. The minimum Gasteiger partial charge on any atom is -0.326 e. The Hall–Kier alpha value is -1.78. The van der Waals surface area contributed by atoms with E-state index in [-0.39, 0.29) is 12.1 Å². The van der Waals surface area contributed by atoms with Crippen molar-refractivity contribution >= 4 is 0 Å². The SMILES string of the molecule is CCC(N)C(c1ccccn1)N(C)Cc1ccncc1. The second-order valence-corrected chi connectivity index (χ2v) is 5.04. The fourth-order valence-corrected chi connectivity index (χ4v) is 2.42. The molecule has 0 fully saturated rings. The van der Waals surface area contributed by atoms with Crippen molar-refractivity contribution in [1.29, 1.82) is 0 Å². The number of nitrogens with zero attached hydrogens (tertiary/aromatic N) is 3. The summed E-state index contributed by atoms with van der Waals surface area (Å²) in [5.74, 6) is 0. The second-order valence-electron chi connectivity index (χ2n) is 5.04. The summed E-state index contributed by atoms with van der Waals surface area (Å²) in [7, 11) is 2.09. The highest BCUT2D eigenvalue weighted by Gasteiger charge is 2.24. The highest BCUT2D eigenvalue weighted by atomic mass is 15.2. The van der Waals surface area contributed by atoms with Crippen LogP contribution in [0.25, 0.3) is 0 Å². The lowest BCUT2D eigenvalue weighted by Crippen LogP contribution is -2.39. The molecule has 0 spiro atoms. The Morgan fingerprint density at radius 1 is 1.15 bits per heavy atom. The van der Waals surface area contributed by atoms with Gasteiger partial charge in [0.2, 0.25) is 0 Å². The van der Waals surface area contributed by atoms with E-state index in [2.05, 4.69) is 28.8 Å². The van der Waals surface area contributed by atoms with Gasteiger partial charge in [0.25, 0.3) is 0 Å². The van der Waals surface area contributed by atoms with Crippen LogP contribution >= 0.6 is 0 Å². The normalized spacial score (nSPS) is 14.2. The van der Waals surface area contributed by atoms with Crippen molar-refractivity contribution in [3.05, 3.63) is 60.2 Å². The van der Waals surface area contributed by atoms with Crippen LogP contribution in [0, 0.1) is 0 Å². The third kappa shape index (κ3) is 3.62. The summed E-state index contributed by atoms with van der Waals surface area (Å²) in [5.41, 5.74) is 8.56. The predicted octanol–water partition coefficient (Wildman–Crippen LogP) is 2.39. The molecule has 0 radical (unpaired) electrons. The summed E-state index contributed by atoms with van der Waals surface area (Å²) in [6.07, 6.45) is 6.38. The van der Waals surface area contributed by atoms with Crippen LogP contribution in [0.1, 0.15) is 30.6 Å². The van der Waals surface area contributed by atoms with Gasteiger partial charge in [-0.1, -0.05) is 13.0 Å². The maximum absolute atomic E-state index is 6.31. The molecular formula is C16H22N4. The number of hydrogen-bond donors (Lipinski definition) is 1. The minimum absolute atomic E-state index is 0.0664. The zero-order valence-electron chi connectivity index (χ0n) is 12.1. The van der Waals surface area contributed by atoms with Crippen molar-refractivity contribution in [3.63, 3.8) is 0 Å². The van der Waals surface area contributed by atoms with Gasteiger partial charge in [-0.15, -0.1) is 0 Å². The van der Waals surface area contributed by atoms with Crippen LogP contribution in [0.3, 0.4) is 0 Å². The van der Waals surface area contributed by atoms with Crippen LogP contribution in [0.2, 0.25) is 0 Å². The largest absolute Gasteiger partial charge is 0.326 e. The number of rotatable bonds is 6. The van der Waals surface area contributed by atoms with E-state index in [1.54, 1.807) is 0 Å². The zero-order chi connectivity index (χ0) is 14.4. The first-order valence-electron chi connectivity index (χ1n) is 6.98. The number of hydrogen-bond acceptors (Lipinski definition) is 4.